The number of aromatic nitrogens is 16. The van der Waals surface area contributed by atoms with E-state index in [9.17, 15) is 0 Å². The van der Waals surface area contributed by atoms with Crippen molar-refractivity contribution in [2.24, 2.45) is 0 Å². The zero-order chi connectivity index (χ0) is 86.5. The Balaban J connectivity index is 0.000000115. The second-order valence-electron chi connectivity index (χ2n) is 31.1. The van der Waals surface area contributed by atoms with Crippen LogP contribution in [0.2, 0.25) is 0 Å². The van der Waals surface area contributed by atoms with Gasteiger partial charge in [-0.1, -0.05) is 97.1 Å². The second kappa shape index (κ2) is 35.4. The Kier molecular flexibility index (Phi) is 21.4. The highest BCUT2D eigenvalue weighted by Crippen LogP contribution is 2.43. The summed E-state index contributed by atoms with van der Waals surface area (Å²) in [6, 6.07) is 110. The molecule has 16 nitrogen and oxygen atoms in total. The largest absolute Gasteiger partial charge is 0.309 e. The van der Waals surface area contributed by atoms with E-state index in [1.807, 2.05) is 172 Å². The van der Waals surface area contributed by atoms with E-state index < -0.39 is 0 Å². The van der Waals surface area contributed by atoms with Crippen LogP contribution in [0.3, 0.4) is 0 Å². The third-order valence-corrected chi connectivity index (χ3v) is 25.3. The van der Waals surface area contributed by atoms with E-state index in [-0.39, 0.29) is 0 Å². The van der Waals surface area contributed by atoms with Gasteiger partial charge < -0.3 is 9.13 Å². The predicted octanol–water partition coefficient (Wildman–Crippen LogP) is 27.4. The summed E-state index contributed by atoms with van der Waals surface area (Å²) in [7, 11) is 0. The van der Waals surface area contributed by atoms with Crippen LogP contribution in [0.4, 0.5) is 0 Å². The molecule has 0 aliphatic carbocycles. The minimum absolute atomic E-state index is 0.885. The van der Waals surface area contributed by atoms with Crippen LogP contribution in [0.25, 0.3) is 220 Å². The molecule has 16 heterocycles. The van der Waals surface area contributed by atoms with Gasteiger partial charge in [0.2, 0.25) is 0 Å². The summed E-state index contributed by atoms with van der Waals surface area (Å²) in [4.78, 5) is 64.7. The van der Waals surface area contributed by atoms with Crippen LogP contribution in [0.5, 0.6) is 0 Å². The highest BCUT2D eigenvalue weighted by molar-refractivity contribution is 7.18. The van der Waals surface area contributed by atoms with Crippen molar-refractivity contribution in [3.8, 4) is 165 Å². The van der Waals surface area contributed by atoms with Crippen LogP contribution >= 0.6 is 22.7 Å². The van der Waals surface area contributed by atoms with Crippen LogP contribution < -0.4 is 0 Å². The molecular formula is C112H72N16S2. The summed E-state index contributed by atoms with van der Waals surface area (Å²) >= 11 is 3.34. The van der Waals surface area contributed by atoms with E-state index in [0.29, 0.717) is 0 Å². The number of fused-ring (bicyclic) bond motifs is 7. The van der Waals surface area contributed by atoms with E-state index >= 15 is 0 Å². The highest BCUT2D eigenvalue weighted by Gasteiger charge is 2.21. The van der Waals surface area contributed by atoms with E-state index in [2.05, 4.69) is 299 Å². The number of benzene rings is 8. The molecule has 0 radical (unpaired) electrons. The zero-order valence-corrected chi connectivity index (χ0v) is 71.2. The summed E-state index contributed by atoms with van der Waals surface area (Å²) in [5.74, 6) is 0. The van der Waals surface area contributed by atoms with Gasteiger partial charge in [-0.2, -0.15) is 0 Å². The maximum absolute atomic E-state index is 4.70. The molecule has 612 valence electrons. The summed E-state index contributed by atoms with van der Waals surface area (Å²) < 4.78 is 4.73. The molecule has 18 heteroatoms. The Hall–Kier alpha value is -17.3. The van der Waals surface area contributed by atoms with Crippen molar-refractivity contribution < 1.29 is 0 Å². The summed E-state index contributed by atoms with van der Waals surface area (Å²) in [5.41, 5.74) is 31.6. The Labute approximate surface area is 755 Å². The SMILES string of the molecule is c1ccc(-n2c3ccc(-c4ccnc(-c5cccnc5)c4)cc3c3cc(-c4ccnc(-c5cccnc5)c4)ccc32)cc1.c1cncc(-c2cc(-c3ccc4c(c3)c3cc(-c5ccnc(-c6cccnc6)c5)ccc3n4-c3ccc4ccccc4c3)ccn2)c1.c1cncc(-c2cc(-c3ncc(-c4ccc(-c5cnc(-c6ccnc(-c7cccnc7)c6)s5)cc4)s3)ccn2)c1. The molecule has 0 bridgehead atoms. The van der Waals surface area contributed by atoms with Gasteiger partial charge in [-0.3, -0.25) is 59.8 Å². The molecule has 130 heavy (non-hydrogen) atoms. The van der Waals surface area contributed by atoms with Crippen molar-refractivity contribution in [3.05, 3.63) is 439 Å². The number of para-hydroxylation sites is 1. The molecule has 0 aliphatic rings. The number of pyridine rings is 12. The van der Waals surface area contributed by atoms with Gasteiger partial charge in [0.15, 0.2) is 0 Å². The number of hydrogen-bond acceptors (Lipinski definition) is 16. The lowest BCUT2D eigenvalue weighted by molar-refractivity contribution is 1.18. The topological polar surface area (TPSA) is 190 Å². The first-order chi connectivity index (χ1) is 64.4. The maximum Gasteiger partial charge on any atom is 0.124 e. The van der Waals surface area contributed by atoms with E-state index in [1.165, 1.54) is 32.3 Å². The predicted molar refractivity (Wildman–Crippen MR) is 526 cm³/mol. The van der Waals surface area contributed by atoms with Gasteiger partial charge in [0, 0.05) is 201 Å². The molecule has 24 aromatic rings. The first kappa shape index (κ1) is 78.6. The van der Waals surface area contributed by atoms with Gasteiger partial charge in [0.25, 0.3) is 0 Å². The first-order valence-corrected chi connectivity index (χ1v) is 44.0. The average Bonchev–Trinajstić information content (AvgIpc) is 1.58. The standard InChI is InChI=1S/C42H27N5.C38H25N5.C32H20N6S2/c1-2-6-29-21-36(12-9-28(29)5-1)47-41-13-10-30(32-15-19-45-39(24-32)34-7-3-17-43-26-34)22-37(41)38-23-31(11-14-42(38)47)33-16-20-46-40(25-33)35-8-4-18-44-27-35;1-2-8-32(9-3-1)43-37-12-10-26(28-14-18-41-35(22-28)30-6-4-16-39-24-30)20-33(37)34-21-27(11-13-38(34)43)29-15-19-42-36(23-29)31-7-5-17-40-25-31;1-3-25(17-33-11-1)27-15-23(9-13-35-27)31-37-19-29(39-31)21-5-7-22(8-6-21)30-20-38-32(40-30)24-10-14-36-28(16-24)26-4-2-12-34-18-26/h1-27H;1-25H;1-20H. The van der Waals surface area contributed by atoms with Gasteiger partial charge in [0.05, 0.1) is 66.0 Å². The molecule has 24 rings (SSSR count). The van der Waals surface area contributed by atoms with Crippen LogP contribution in [-0.2, 0) is 0 Å². The summed E-state index contributed by atoms with van der Waals surface area (Å²) in [5, 5.41) is 9.13. The molecule has 0 unspecified atom stereocenters. The molecule has 0 N–H and O–H groups in total. The lowest BCUT2D eigenvalue weighted by Gasteiger charge is -2.10. The number of thiazole rings is 2. The highest BCUT2D eigenvalue weighted by atomic mass is 32.1. The van der Waals surface area contributed by atoms with Crippen molar-refractivity contribution in [2.75, 3.05) is 0 Å². The molecule has 0 aliphatic heterocycles. The van der Waals surface area contributed by atoms with Crippen molar-refractivity contribution in [1.82, 2.24) is 78.9 Å². The molecule has 0 amide bonds. The molecule has 0 spiro atoms. The Morgan fingerprint density at radius 1 is 0.169 bits per heavy atom. The molecule has 0 saturated heterocycles. The number of rotatable bonds is 16. The monoisotopic (exact) mass is 1700 g/mol. The summed E-state index contributed by atoms with van der Waals surface area (Å²) in [6.07, 6.45) is 36.7. The van der Waals surface area contributed by atoms with Gasteiger partial charge >= 0.3 is 0 Å². The minimum Gasteiger partial charge on any atom is -0.309 e. The van der Waals surface area contributed by atoms with Gasteiger partial charge in [-0.15, -0.1) is 22.7 Å². The third kappa shape index (κ3) is 16.2. The van der Waals surface area contributed by atoms with E-state index in [4.69, 9.17) is 9.97 Å². The van der Waals surface area contributed by atoms with Gasteiger partial charge in [0.1, 0.15) is 10.0 Å². The fraction of sp³-hybridized carbons (Fsp3) is 0. The molecule has 16 aromatic heterocycles. The maximum atomic E-state index is 4.70. The van der Waals surface area contributed by atoms with Crippen molar-refractivity contribution >= 4 is 77.1 Å². The average molecular weight is 1710 g/mol. The smallest absolute Gasteiger partial charge is 0.124 e. The Morgan fingerprint density at radius 2 is 0.446 bits per heavy atom. The molecular weight excluding hydrogens is 1630 g/mol. The molecule has 0 saturated carbocycles. The Morgan fingerprint density at radius 3 is 0.762 bits per heavy atom. The zero-order valence-electron chi connectivity index (χ0n) is 69.5. The van der Waals surface area contributed by atoms with Crippen LogP contribution in [0, 0.1) is 0 Å². The Bertz CT molecular complexity index is 7800. The van der Waals surface area contributed by atoms with Gasteiger partial charge in [-0.25, -0.2) is 9.97 Å². The van der Waals surface area contributed by atoms with E-state index in [0.717, 1.165) is 188 Å². The quantitative estimate of drug-likeness (QED) is 0.0888. The molecule has 0 atom stereocenters. The van der Waals surface area contributed by atoms with Crippen LogP contribution in [0.15, 0.2) is 439 Å². The molecule has 8 aromatic carbocycles. The summed E-state index contributed by atoms with van der Waals surface area (Å²) in [6.45, 7) is 0. The van der Waals surface area contributed by atoms with Crippen LogP contribution in [-0.4, -0.2) is 78.9 Å². The third-order valence-electron chi connectivity index (χ3n) is 23.1. The van der Waals surface area contributed by atoms with Crippen molar-refractivity contribution in [1.29, 1.82) is 0 Å². The molecule has 0 fully saturated rings. The van der Waals surface area contributed by atoms with Crippen molar-refractivity contribution in [2.45, 2.75) is 0 Å². The van der Waals surface area contributed by atoms with Crippen LogP contribution in [0.1, 0.15) is 0 Å². The fourth-order valence-electron chi connectivity index (χ4n) is 16.7. The fourth-order valence-corrected chi connectivity index (χ4v) is 18.5. The van der Waals surface area contributed by atoms with E-state index in [1.54, 1.807) is 59.9 Å². The van der Waals surface area contributed by atoms with Gasteiger partial charge in [-0.05, 0) is 285 Å². The lowest BCUT2D eigenvalue weighted by Crippen LogP contribution is -1.94. The first-order valence-electron chi connectivity index (χ1n) is 42.3. The normalized spacial score (nSPS) is 11.2. The minimum atomic E-state index is 0.885. The lowest BCUT2D eigenvalue weighted by atomic mass is 9.99. The second-order valence-corrected chi connectivity index (χ2v) is 33.2. The number of nitrogens with zero attached hydrogens (tertiary/aromatic N) is 16. The van der Waals surface area contributed by atoms with Crippen molar-refractivity contribution in [3.63, 3.8) is 0 Å². The number of hydrogen-bond donors (Lipinski definition) is 0.